The Hall–Kier alpha value is -3.21. The molecule has 0 radical (unpaired) electrons. The molecule has 0 bridgehead atoms. The van der Waals surface area contributed by atoms with Crippen molar-refractivity contribution in [1.29, 1.82) is 5.26 Å². The molecule has 0 aliphatic carbocycles. The molecule has 0 fully saturated rings. The lowest BCUT2D eigenvalue weighted by atomic mass is 10.2. The van der Waals surface area contributed by atoms with Crippen LogP contribution in [0.4, 0.5) is 0 Å². The molecule has 30 heavy (non-hydrogen) atoms. The maximum atomic E-state index is 13.2. The first kappa shape index (κ1) is 20.1. The van der Waals surface area contributed by atoms with Gasteiger partial charge in [-0.3, -0.25) is 14.2 Å². The third-order valence-corrected chi connectivity index (χ3v) is 6.51. The largest absolute Gasteiger partial charge is 0.293 e. The molecule has 4 aromatic rings. The summed E-state index contributed by atoms with van der Waals surface area (Å²) in [7, 11) is 0. The molecule has 4 rings (SSSR count). The molecule has 0 aliphatic heterocycles. The monoisotopic (exact) mass is 431 g/mol. The molecule has 148 valence electrons. The SMILES string of the molecule is N#Cc1ccc(-n2c(SCCCC(=O)c3cccs3)nc3ccccc3c2=O)cc1. The number of carbonyl (C=O) groups excluding carboxylic acids is 1. The average Bonchev–Trinajstić information content (AvgIpc) is 3.32. The molecule has 0 unspecified atom stereocenters. The molecular weight excluding hydrogens is 414 g/mol. The first-order valence-electron chi connectivity index (χ1n) is 9.39. The third kappa shape index (κ3) is 4.20. The Morgan fingerprint density at radius 1 is 1.10 bits per heavy atom. The van der Waals surface area contributed by atoms with E-state index in [2.05, 4.69) is 6.07 Å². The van der Waals surface area contributed by atoms with Crippen LogP contribution in [-0.4, -0.2) is 21.1 Å². The van der Waals surface area contributed by atoms with Crippen molar-refractivity contribution in [3.05, 3.63) is 86.8 Å². The van der Waals surface area contributed by atoms with Gasteiger partial charge in [0.25, 0.3) is 5.56 Å². The maximum absolute atomic E-state index is 13.2. The van der Waals surface area contributed by atoms with Crippen LogP contribution in [0.25, 0.3) is 16.6 Å². The molecule has 0 aliphatic rings. The number of nitrogens with zero attached hydrogens (tertiary/aromatic N) is 3. The molecule has 5 nitrogen and oxygen atoms in total. The number of hydrogen-bond acceptors (Lipinski definition) is 6. The van der Waals surface area contributed by atoms with Crippen LogP contribution in [0, 0.1) is 11.3 Å². The Labute approximate surface area is 181 Å². The van der Waals surface area contributed by atoms with Gasteiger partial charge >= 0.3 is 0 Å². The van der Waals surface area contributed by atoms with E-state index in [4.69, 9.17) is 10.2 Å². The Morgan fingerprint density at radius 2 is 1.90 bits per heavy atom. The number of Topliss-reactive ketones (excluding diaryl/α,β-unsaturated/α-hetero) is 1. The number of thiophene rings is 1. The van der Waals surface area contributed by atoms with Gasteiger partial charge in [-0.25, -0.2) is 4.98 Å². The van der Waals surface area contributed by atoms with Crippen molar-refractivity contribution in [1.82, 2.24) is 9.55 Å². The van der Waals surface area contributed by atoms with Crippen LogP contribution in [0.3, 0.4) is 0 Å². The number of rotatable bonds is 7. The van der Waals surface area contributed by atoms with Gasteiger partial charge in [0.05, 0.1) is 33.1 Å². The van der Waals surface area contributed by atoms with Crippen molar-refractivity contribution in [2.75, 3.05) is 5.75 Å². The second-order valence-corrected chi connectivity index (χ2v) is 8.57. The quantitative estimate of drug-likeness (QED) is 0.177. The zero-order valence-corrected chi connectivity index (χ0v) is 17.6. The number of aromatic nitrogens is 2. The van der Waals surface area contributed by atoms with E-state index in [-0.39, 0.29) is 11.3 Å². The normalized spacial score (nSPS) is 10.8. The highest BCUT2D eigenvalue weighted by molar-refractivity contribution is 7.99. The molecule has 0 N–H and O–H groups in total. The van der Waals surface area contributed by atoms with Crippen molar-refractivity contribution in [3.63, 3.8) is 0 Å². The van der Waals surface area contributed by atoms with Crippen LogP contribution in [0.15, 0.2) is 76.0 Å². The summed E-state index contributed by atoms with van der Waals surface area (Å²) < 4.78 is 1.58. The van der Waals surface area contributed by atoms with Gasteiger partial charge in [-0.2, -0.15) is 5.26 Å². The van der Waals surface area contributed by atoms with Crippen LogP contribution >= 0.6 is 23.1 Å². The van der Waals surface area contributed by atoms with Crippen LogP contribution in [0.5, 0.6) is 0 Å². The summed E-state index contributed by atoms with van der Waals surface area (Å²) in [5.41, 5.74) is 1.68. The third-order valence-electron chi connectivity index (χ3n) is 4.57. The molecule has 0 saturated carbocycles. The number of hydrogen-bond donors (Lipinski definition) is 0. The number of fused-ring (bicyclic) bond motifs is 1. The number of para-hydroxylation sites is 1. The smallest absolute Gasteiger partial charge is 0.266 e. The first-order valence-corrected chi connectivity index (χ1v) is 11.3. The van der Waals surface area contributed by atoms with Gasteiger partial charge in [0.2, 0.25) is 0 Å². The predicted molar refractivity (Wildman–Crippen MR) is 121 cm³/mol. The minimum atomic E-state index is -0.150. The number of carbonyl (C=O) groups is 1. The standard InChI is InChI=1S/C23H17N3O2S2/c24-15-16-9-11-17(12-10-16)26-22(28)18-5-1-2-6-19(18)25-23(26)30-14-3-7-20(27)21-8-4-13-29-21/h1-2,4-6,8-13H,3,7,14H2. The Balaban J connectivity index is 1.61. The maximum Gasteiger partial charge on any atom is 0.266 e. The van der Waals surface area contributed by atoms with Crippen molar-refractivity contribution in [3.8, 4) is 11.8 Å². The lowest BCUT2D eigenvalue weighted by molar-refractivity contribution is 0.0986. The number of nitriles is 1. The Morgan fingerprint density at radius 3 is 2.63 bits per heavy atom. The summed E-state index contributed by atoms with van der Waals surface area (Å²) in [4.78, 5) is 30.9. The number of thioether (sulfide) groups is 1. The summed E-state index contributed by atoms with van der Waals surface area (Å²) >= 11 is 2.91. The summed E-state index contributed by atoms with van der Waals surface area (Å²) in [6.07, 6.45) is 1.15. The average molecular weight is 432 g/mol. The van der Waals surface area contributed by atoms with E-state index in [0.717, 1.165) is 4.88 Å². The Bertz CT molecular complexity index is 1290. The highest BCUT2D eigenvalue weighted by Crippen LogP contribution is 2.23. The highest BCUT2D eigenvalue weighted by atomic mass is 32.2. The van der Waals surface area contributed by atoms with Gasteiger partial charge in [0, 0.05) is 12.2 Å². The summed E-state index contributed by atoms with van der Waals surface area (Å²) in [6.45, 7) is 0. The molecule has 2 aromatic heterocycles. The predicted octanol–water partition coefficient (Wildman–Crippen LogP) is 5.07. The fourth-order valence-electron chi connectivity index (χ4n) is 3.08. The number of benzene rings is 2. The summed E-state index contributed by atoms with van der Waals surface area (Å²) in [6, 6.07) is 19.9. The van der Waals surface area contributed by atoms with E-state index in [1.165, 1.54) is 23.1 Å². The van der Waals surface area contributed by atoms with Crippen molar-refractivity contribution < 1.29 is 4.79 Å². The van der Waals surface area contributed by atoms with Crippen molar-refractivity contribution in [2.45, 2.75) is 18.0 Å². The summed E-state index contributed by atoms with van der Waals surface area (Å²) in [5.74, 6) is 0.805. The van der Waals surface area contributed by atoms with E-state index >= 15 is 0 Å². The molecule has 0 atom stereocenters. The van der Waals surface area contributed by atoms with Crippen molar-refractivity contribution >= 4 is 39.8 Å². The van der Waals surface area contributed by atoms with Gasteiger partial charge in [-0.05, 0) is 54.3 Å². The van der Waals surface area contributed by atoms with Gasteiger partial charge in [0.1, 0.15) is 0 Å². The van der Waals surface area contributed by atoms with Gasteiger partial charge in [-0.1, -0.05) is 30.0 Å². The highest BCUT2D eigenvalue weighted by Gasteiger charge is 2.14. The van der Waals surface area contributed by atoms with E-state index in [0.29, 0.717) is 45.9 Å². The van der Waals surface area contributed by atoms with Crippen LogP contribution in [-0.2, 0) is 0 Å². The summed E-state index contributed by atoms with van der Waals surface area (Å²) in [5, 5.41) is 12.1. The number of ketones is 1. The molecular formula is C23H17N3O2S2. The fourth-order valence-corrected chi connectivity index (χ4v) is 4.72. The molecule has 7 heteroatoms. The minimum Gasteiger partial charge on any atom is -0.293 e. The van der Waals surface area contributed by atoms with E-state index in [1.807, 2.05) is 35.7 Å². The van der Waals surface area contributed by atoms with Crippen LogP contribution < -0.4 is 5.56 Å². The van der Waals surface area contributed by atoms with Crippen molar-refractivity contribution in [2.24, 2.45) is 0 Å². The lowest BCUT2D eigenvalue weighted by Crippen LogP contribution is -2.21. The molecule has 2 heterocycles. The van der Waals surface area contributed by atoms with Gasteiger partial charge in [-0.15, -0.1) is 11.3 Å². The molecule has 2 aromatic carbocycles. The van der Waals surface area contributed by atoms with E-state index in [9.17, 15) is 9.59 Å². The zero-order chi connectivity index (χ0) is 20.9. The van der Waals surface area contributed by atoms with E-state index in [1.54, 1.807) is 34.9 Å². The lowest BCUT2D eigenvalue weighted by Gasteiger charge is -2.13. The second-order valence-electron chi connectivity index (χ2n) is 6.56. The fraction of sp³-hybridized carbons (Fsp3) is 0.130. The van der Waals surface area contributed by atoms with Gasteiger partial charge in [0.15, 0.2) is 10.9 Å². The minimum absolute atomic E-state index is 0.140. The topological polar surface area (TPSA) is 75.8 Å². The van der Waals surface area contributed by atoms with Gasteiger partial charge < -0.3 is 0 Å². The Kier molecular flexibility index (Phi) is 6.07. The molecule has 0 spiro atoms. The molecule has 0 saturated heterocycles. The second kappa shape index (κ2) is 9.08. The zero-order valence-electron chi connectivity index (χ0n) is 15.9. The first-order chi connectivity index (χ1) is 14.7. The van der Waals surface area contributed by atoms with Crippen LogP contribution in [0.2, 0.25) is 0 Å². The van der Waals surface area contributed by atoms with Crippen LogP contribution in [0.1, 0.15) is 28.1 Å². The van der Waals surface area contributed by atoms with E-state index < -0.39 is 0 Å². The molecule has 0 amide bonds.